The molecule has 1 aromatic heterocycles. The topological polar surface area (TPSA) is 46.3 Å². The average Bonchev–Trinajstić information content (AvgIpc) is 2.72. The van der Waals surface area contributed by atoms with Gasteiger partial charge >= 0.3 is 0 Å². The molecule has 2 aromatic rings. The highest BCUT2D eigenvalue weighted by atomic mass is 19.1. The fourth-order valence-corrected chi connectivity index (χ4v) is 2.05. The maximum atomic E-state index is 13.7. The molecule has 0 spiro atoms. The van der Waals surface area contributed by atoms with Crippen LogP contribution in [-0.2, 0) is 6.54 Å². The van der Waals surface area contributed by atoms with Crippen LogP contribution in [0.3, 0.4) is 0 Å². The molecule has 1 amide bonds. The fraction of sp³-hybridized carbons (Fsp3) is 0.333. The number of hydrogen-bond donors (Lipinski definition) is 0. The molecule has 0 fully saturated rings. The molecule has 0 atom stereocenters. The molecule has 4 nitrogen and oxygen atoms in total. The fourth-order valence-electron chi connectivity index (χ4n) is 2.05. The largest absolute Gasteiger partial charge is 0.361 e. The monoisotopic (exact) mass is 276 g/mol. The van der Waals surface area contributed by atoms with Gasteiger partial charge in [-0.05, 0) is 32.9 Å². The van der Waals surface area contributed by atoms with Crippen molar-refractivity contribution in [3.63, 3.8) is 0 Å². The van der Waals surface area contributed by atoms with Crippen molar-refractivity contribution in [1.82, 2.24) is 10.1 Å². The molecule has 20 heavy (non-hydrogen) atoms. The Morgan fingerprint density at radius 2 is 2.05 bits per heavy atom. The van der Waals surface area contributed by atoms with Crippen LogP contribution in [0, 0.1) is 26.6 Å². The third-order valence-electron chi connectivity index (χ3n) is 3.28. The summed E-state index contributed by atoms with van der Waals surface area (Å²) in [7, 11) is 1.63. The summed E-state index contributed by atoms with van der Waals surface area (Å²) in [5, 5.41) is 3.85. The predicted octanol–water partition coefficient (Wildman–Crippen LogP) is 3.01. The van der Waals surface area contributed by atoms with Gasteiger partial charge in [-0.25, -0.2) is 4.39 Å². The van der Waals surface area contributed by atoms with E-state index >= 15 is 0 Å². The standard InChI is InChI=1S/C15H17FN2O2/c1-9-5-6-14(16)12(7-9)15(19)18(4)8-13-10(2)17-20-11(13)3/h5-7H,8H2,1-4H3. The number of aryl methyl sites for hydroxylation is 3. The lowest BCUT2D eigenvalue weighted by Crippen LogP contribution is -2.27. The van der Waals surface area contributed by atoms with Gasteiger partial charge in [0.05, 0.1) is 17.8 Å². The van der Waals surface area contributed by atoms with Crippen molar-refractivity contribution in [1.29, 1.82) is 0 Å². The summed E-state index contributed by atoms with van der Waals surface area (Å²) >= 11 is 0. The van der Waals surface area contributed by atoms with Gasteiger partial charge in [-0.15, -0.1) is 0 Å². The van der Waals surface area contributed by atoms with Crippen LogP contribution in [0.4, 0.5) is 4.39 Å². The number of hydrogen-bond acceptors (Lipinski definition) is 3. The molecule has 5 heteroatoms. The Labute approximate surface area is 117 Å². The van der Waals surface area contributed by atoms with Gasteiger partial charge in [0.15, 0.2) is 0 Å². The van der Waals surface area contributed by atoms with Crippen LogP contribution in [-0.4, -0.2) is 23.0 Å². The van der Waals surface area contributed by atoms with E-state index in [0.717, 1.165) is 16.8 Å². The molecule has 0 saturated carbocycles. The molecule has 0 aliphatic rings. The van der Waals surface area contributed by atoms with Gasteiger partial charge in [-0.1, -0.05) is 16.8 Å². The minimum Gasteiger partial charge on any atom is -0.361 e. The smallest absolute Gasteiger partial charge is 0.256 e. The Morgan fingerprint density at radius 3 is 2.65 bits per heavy atom. The molecule has 2 rings (SSSR count). The summed E-state index contributed by atoms with van der Waals surface area (Å²) in [4.78, 5) is 13.8. The van der Waals surface area contributed by atoms with E-state index in [9.17, 15) is 9.18 Å². The third kappa shape index (κ3) is 2.71. The van der Waals surface area contributed by atoms with Gasteiger partial charge in [0, 0.05) is 12.6 Å². The zero-order valence-corrected chi connectivity index (χ0v) is 12.0. The van der Waals surface area contributed by atoms with E-state index in [4.69, 9.17) is 4.52 Å². The maximum absolute atomic E-state index is 13.7. The van der Waals surface area contributed by atoms with Crippen molar-refractivity contribution in [2.24, 2.45) is 0 Å². The Balaban J connectivity index is 2.23. The first kappa shape index (κ1) is 14.2. The second-order valence-electron chi connectivity index (χ2n) is 4.95. The number of halogens is 1. The summed E-state index contributed by atoms with van der Waals surface area (Å²) in [5.41, 5.74) is 2.53. The van der Waals surface area contributed by atoms with Crippen LogP contribution in [0.25, 0.3) is 0 Å². The molecule has 0 aliphatic heterocycles. The zero-order chi connectivity index (χ0) is 14.9. The summed E-state index contributed by atoms with van der Waals surface area (Å²) < 4.78 is 18.8. The molecule has 1 heterocycles. The Bertz CT molecular complexity index is 630. The Morgan fingerprint density at radius 1 is 1.35 bits per heavy atom. The van der Waals surface area contributed by atoms with E-state index in [1.165, 1.54) is 11.0 Å². The molecule has 0 bridgehead atoms. The third-order valence-corrected chi connectivity index (χ3v) is 3.28. The first-order valence-electron chi connectivity index (χ1n) is 6.33. The Kier molecular flexibility index (Phi) is 3.88. The van der Waals surface area contributed by atoms with E-state index in [0.29, 0.717) is 12.3 Å². The van der Waals surface area contributed by atoms with Gasteiger partial charge < -0.3 is 9.42 Å². The molecule has 0 unspecified atom stereocenters. The second kappa shape index (κ2) is 5.45. The van der Waals surface area contributed by atoms with Crippen molar-refractivity contribution >= 4 is 5.91 Å². The van der Waals surface area contributed by atoms with E-state index in [1.807, 2.05) is 13.8 Å². The maximum Gasteiger partial charge on any atom is 0.256 e. The number of amides is 1. The number of carbonyl (C=O) groups excluding carboxylic acids is 1. The minimum absolute atomic E-state index is 0.0826. The number of carbonyl (C=O) groups is 1. The average molecular weight is 276 g/mol. The highest BCUT2D eigenvalue weighted by Gasteiger charge is 2.19. The summed E-state index contributed by atoms with van der Waals surface area (Å²) in [5.74, 6) is -0.190. The predicted molar refractivity (Wildman–Crippen MR) is 72.9 cm³/mol. The van der Waals surface area contributed by atoms with Crippen LogP contribution in [0.2, 0.25) is 0 Å². The number of aromatic nitrogens is 1. The van der Waals surface area contributed by atoms with Gasteiger partial charge in [0.1, 0.15) is 11.6 Å². The molecule has 0 radical (unpaired) electrons. The van der Waals surface area contributed by atoms with Gasteiger partial charge in [0.2, 0.25) is 0 Å². The van der Waals surface area contributed by atoms with Crippen molar-refractivity contribution < 1.29 is 13.7 Å². The summed E-state index contributed by atoms with van der Waals surface area (Å²) in [6, 6.07) is 4.51. The van der Waals surface area contributed by atoms with Crippen LogP contribution in [0.1, 0.15) is 32.9 Å². The van der Waals surface area contributed by atoms with Gasteiger partial charge in [-0.2, -0.15) is 0 Å². The van der Waals surface area contributed by atoms with Crippen LogP contribution >= 0.6 is 0 Å². The summed E-state index contributed by atoms with van der Waals surface area (Å²) in [6.45, 7) is 5.77. The van der Waals surface area contributed by atoms with Crippen molar-refractivity contribution in [2.45, 2.75) is 27.3 Å². The molecule has 1 aromatic carbocycles. The first-order valence-corrected chi connectivity index (χ1v) is 6.33. The van der Waals surface area contributed by atoms with Crippen LogP contribution in [0.5, 0.6) is 0 Å². The van der Waals surface area contributed by atoms with Crippen LogP contribution < -0.4 is 0 Å². The van der Waals surface area contributed by atoms with Gasteiger partial charge in [0.25, 0.3) is 5.91 Å². The second-order valence-corrected chi connectivity index (χ2v) is 4.95. The van der Waals surface area contributed by atoms with E-state index in [2.05, 4.69) is 5.16 Å². The van der Waals surface area contributed by atoms with E-state index in [1.54, 1.807) is 26.1 Å². The molecule has 0 aliphatic carbocycles. The molecular formula is C15H17FN2O2. The number of benzene rings is 1. The molecule has 0 N–H and O–H groups in total. The van der Waals surface area contributed by atoms with Crippen molar-refractivity contribution in [2.75, 3.05) is 7.05 Å². The Hall–Kier alpha value is -2.17. The summed E-state index contributed by atoms with van der Waals surface area (Å²) in [6.07, 6.45) is 0. The SMILES string of the molecule is Cc1ccc(F)c(C(=O)N(C)Cc2c(C)noc2C)c1. The first-order chi connectivity index (χ1) is 9.40. The normalized spacial score (nSPS) is 10.7. The highest BCUT2D eigenvalue weighted by molar-refractivity contribution is 5.94. The molecule has 0 saturated heterocycles. The number of rotatable bonds is 3. The lowest BCUT2D eigenvalue weighted by Gasteiger charge is -2.17. The lowest BCUT2D eigenvalue weighted by molar-refractivity contribution is 0.0779. The minimum atomic E-state index is -0.508. The van der Waals surface area contributed by atoms with Crippen molar-refractivity contribution in [3.05, 3.63) is 52.2 Å². The quantitative estimate of drug-likeness (QED) is 0.865. The van der Waals surface area contributed by atoms with Gasteiger partial charge in [-0.3, -0.25) is 4.79 Å². The van der Waals surface area contributed by atoms with Crippen LogP contribution in [0.15, 0.2) is 22.7 Å². The lowest BCUT2D eigenvalue weighted by atomic mass is 10.1. The molecule has 106 valence electrons. The van der Waals surface area contributed by atoms with E-state index < -0.39 is 5.82 Å². The van der Waals surface area contributed by atoms with E-state index in [-0.39, 0.29) is 11.5 Å². The highest BCUT2D eigenvalue weighted by Crippen LogP contribution is 2.17. The zero-order valence-electron chi connectivity index (χ0n) is 12.0. The van der Waals surface area contributed by atoms with Crippen molar-refractivity contribution in [3.8, 4) is 0 Å². The number of nitrogens with zero attached hydrogens (tertiary/aromatic N) is 2. The molecular weight excluding hydrogens is 259 g/mol.